The van der Waals surface area contributed by atoms with Crippen LogP contribution in [0.25, 0.3) is 0 Å². The number of benzene rings is 3. The molecule has 0 aliphatic carbocycles. The van der Waals surface area contributed by atoms with Gasteiger partial charge in [0.25, 0.3) is 11.8 Å². The van der Waals surface area contributed by atoms with Gasteiger partial charge in [0.05, 0.1) is 22.5 Å². The molecule has 0 atom stereocenters. The molecule has 3 aromatic carbocycles. The number of carbonyl (C=O) groups is 2. The molecule has 0 radical (unpaired) electrons. The van der Waals surface area contributed by atoms with Crippen LogP contribution in [0.4, 0.5) is 47.3 Å². The predicted octanol–water partition coefficient (Wildman–Crippen LogP) is 6.35. The number of halogens is 3. The van der Waals surface area contributed by atoms with Gasteiger partial charge in [0.2, 0.25) is 0 Å². The Hall–Kier alpha value is -5.71. The molecule has 5 aromatic rings. The minimum atomic E-state index is -4.87. The minimum absolute atomic E-state index is 0.238. The summed E-state index contributed by atoms with van der Waals surface area (Å²) in [6.45, 7) is 0. The van der Waals surface area contributed by atoms with Crippen LogP contribution in [0.3, 0.4) is 0 Å². The number of alkyl halides is 3. The summed E-state index contributed by atoms with van der Waals surface area (Å²) in [5, 5.41) is 11.5. The topological polar surface area (TPSA) is 90.0 Å². The number of anilines is 6. The van der Waals surface area contributed by atoms with Gasteiger partial charge < -0.3 is 21.3 Å². The lowest BCUT2D eigenvalue weighted by Gasteiger charge is -2.15. The van der Waals surface area contributed by atoms with Gasteiger partial charge in [-0.1, -0.05) is 0 Å². The van der Waals surface area contributed by atoms with Crippen molar-refractivity contribution in [3.05, 3.63) is 132 Å². The van der Waals surface area contributed by atoms with Gasteiger partial charge in [0, 0.05) is 52.6 Å². The predicted molar refractivity (Wildman–Crippen MR) is 162 cm³/mol. The van der Waals surface area contributed by atoms with Crippen molar-refractivity contribution >= 4 is 45.9 Å². The highest BCUT2D eigenvalue weighted by Crippen LogP contribution is 2.33. The number of pyridine rings is 2. The van der Waals surface area contributed by atoms with E-state index in [0.29, 0.717) is 17.4 Å². The molecule has 0 spiro atoms. The number of aryl methyl sites for hydroxylation is 2. The summed E-state index contributed by atoms with van der Waals surface area (Å²) < 4.78 is 45.8. The first-order valence-corrected chi connectivity index (χ1v) is 13.5. The third kappa shape index (κ3) is 7.57. The average Bonchev–Trinajstić information content (AvgIpc) is 3.00. The first kappa shape index (κ1) is 29.8. The van der Waals surface area contributed by atoms with Crippen molar-refractivity contribution in [2.75, 3.05) is 21.3 Å². The maximum atomic E-state index is 14.0. The van der Waals surface area contributed by atoms with Crippen molar-refractivity contribution in [2.24, 2.45) is 14.1 Å². The number of amides is 2. The molecule has 11 heteroatoms. The molecule has 222 valence electrons. The molecule has 0 fully saturated rings. The van der Waals surface area contributed by atoms with E-state index >= 15 is 0 Å². The Labute approximate surface area is 251 Å². The van der Waals surface area contributed by atoms with E-state index in [2.05, 4.69) is 21.3 Å². The fourth-order valence-electron chi connectivity index (χ4n) is 4.30. The average molecular weight is 599 g/mol. The van der Waals surface area contributed by atoms with Gasteiger partial charge in [-0.3, -0.25) is 9.59 Å². The van der Waals surface area contributed by atoms with E-state index in [4.69, 9.17) is 0 Å². The van der Waals surface area contributed by atoms with Gasteiger partial charge >= 0.3 is 6.18 Å². The van der Waals surface area contributed by atoms with Crippen LogP contribution in [0.15, 0.2) is 116 Å². The van der Waals surface area contributed by atoms with Crippen LogP contribution in [-0.2, 0) is 20.3 Å². The fourth-order valence-corrected chi connectivity index (χ4v) is 4.30. The van der Waals surface area contributed by atoms with E-state index in [1.54, 1.807) is 48.5 Å². The van der Waals surface area contributed by atoms with Crippen molar-refractivity contribution in [3.63, 3.8) is 0 Å². The first-order chi connectivity index (χ1) is 21.0. The molecule has 8 nitrogen and oxygen atoms in total. The number of hydrogen-bond donors (Lipinski definition) is 4. The van der Waals surface area contributed by atoms with Gasteiger partial charge in [0.15, 0.2) is 24.8 Å². The van der Waals surface area contributed by atoms with Crippen LogP contribution in [-0.4, -0.2) is 11.8 Å². The first-order valence-electron chi connectivity index (χ1n) is 13.5. The monoisotopic (exact) mass is 598 g/mol. The summed E-state index contributed by atoms with van der Waals surface area (Å²) in [5.41, 5.74) is 1.89. The van der Waals surface area contributed by atoms with E-state index in [1.807, 2.05) is 72.3 Å². The van der Waals surface area contributed by atoms with Crippen LogP contribution in [0.2, 0.25) is 0 Å². The number of nitrogens with zero attached hydrogens (tertiary/aromatic N) is 2. The zero-order chi connectivity index (χ0) is 31.3. The highest BCUT2D eigenvalue weighted by Gasteiger charge is 2.36. The molecular formula is C33H29F3N6O2+2. The Bertz CT molecular complexity index is 1770. The number of carbonyl (C=O) groups excluding carboxylic acids is 2. The molecule has 2 amide bonds. The van der Waals surface area contributed by atoms with Crippen molar-refractivity contribution in [2.45, 2.75) is 6.18 Å². The smallest absolute Gasteiger partial charge is 0.355 e. The summed E-state index contributed by atoms with van der Waals surface area (Å²) in [6.07, 6.45) is 2.68. The van der Waals surface area contributed by atoms with Gasteiger partial charge in [-0.25, -0.2) is 9.13 Å². The Morgan fingerprint density at radius 1 is 0.545 bits per heavy atom. The zero-order valence-corrected chi connectivity index (χ0v) is 23.8. The Morgan fingerprint density at radius 3 is 1.36 bits per heavy atom. The van der Waals surface area contributed by atoms with E-state index in [9.17, 15) is 22.8 Å². The summed E-state index contributed by atoms with van der Waals surface area (Å²) in [4.78, 5) is 25.8. The lowest BCUT2D eigenvalue weighted by molar-refractivity contribution is -0.671. The highest BCUT2D eigenvalue weighted by molar-refractivity contribution is 6.08. The van der Waals surface area contributed by atoms with Crippen molar-refractivity contribution in [1.82, 2.24) is 0 Å². The summed E-state index contributed by atoms with van der Waals surface area (Å²) in [6, 6.07) is 23.8. The molecular weight excluding hydrogens is 569 g/mol. The summed E-state index contributed by atoms with van der Waals surface area (Å²) in [5.74, 6) is -1.69. The van der Waals surface area contributed by atoms with Gasteiger partial charge in [-0.05, 0) is 66.7 Å². The third-order valence-corrected chi connectivity index (χ3v) is 6.65. The highest BCUT2D eigenvalue weighted by atomic mass is 19.4. The van der Waals surface area contributed by atoms with Crippen molar-refractivity contribution in [3.8, 4) is 0 Å². The lowest BCUT2D eigenvalue weighted by atomic mass is 10.0. The Balaban J connectivity index is 1.25. The van der Waals surface area contributed by atoms with E-state index in [-0.39, 0.29) is 5.56 Å². The summed E-state index contributed by atoms with van der Waals surface area (Å²) in [7, 11) is 3.81. The van der Waals surface area contributed by atoms with E-state index < -0.39 is 29.1 Å². The SMILES string of the molecule is C[n+]1ccc(Nc2ccc(NC(=O)c3ccc(C(=O)Nc4ccc(Nc5cc[n+](C)cc5)cc4)c(C(F)(F)F)c3)cc2)cc1. The van der Waals surface area contributed by atoms with Crippen LogP contribution in [0.5, 0.6) is 0 Å². The van der Waals surface area contributed by atoms with Gasteiger partial charge in [-0.2, -0.15) is 13.2 Å². The molecule has 0 aliphatic rings. The van der Waals surface area contributed by atoms with Gasteiger partial charge in [-0.15, -0.1) is 0 Å². The molecule has 0 aliphatic heterocycles. The maximum absolute atomic E-state index is 14.0. The normalized spacial score (nSPS) is 11.0. The van der Waals surface area contributed by atoms with Crippen LogP contribution in [0, 0.1) is 0 Å². The minimum Gasteiger partial charge on any atom is -0.355 e. The zero-order valence-electron chi connectivity index (χ0n) is 23.8. The van der Waals surface area contributed by atoms with Gasteiger partial charge in [0.1, 0.15) is 14.1 Å². The standard InChI is InChI=1S/C33H27F3N6O2/c1-41-17-13-27(14-18-41)37-23-4-8-25(9-5-23)39-31(43)22-3-12-29(30(21-22)33(34,35)36)32(44)40-26-10-6-24(7-11-26)38-28-15-19-42(2)20-16-28/h3-21H,1-2H3,(H2,39,40,43,44)/p+2. The van der Waals surface area contributed by atoms with Crippen molar-refractivity contribution < 1.29 is 31.9 Å². The quantitative estimate of drug-likeness (QED) is 0.157. The van der Waals surface area contributed by atoms with E-state index in [1.165, 1.54) is 6.07 Å². The second kappa shape index (κ2) is 12.7. The van der Waals surface area contributed by atoms with Crippen LogP contribution in [0.1, 0.15) is 26.3 Å². The summed E-state index contributed by atoms with van der Waals surface area (Å²) >= 11 is 0. The lowest BCUT2D eigenvalue weighted by Crippen LogP contribution is -2.25. The largest absolute Gasteiger partial charge is 0.417 e. The molecule has 4 N–H and O–H groups in total. The Kier molecular flexibility index (Phi) is 8.56. The van der Waals surface area contributed by atoms with E-state index in [0.717, 1.165) is 28.8 Å². The Morgan fingerprint density at radius 2 is 0.932 bits per heavy atom. The molecule has 0 saturated heterocycles. The number of nitrogens with one attached hydrogen (secondary N) is 4. The van der Waals surface area contributed by atoms with Crippen molar-refractivity contribution in [1.29, 1.82) is 0 Å². The van der Waals surface area contributed by atoms with Crippen LogP contribution >= 0.6 is 0 Å². The maximum Gasteiger partial charge on any atom is 0.417 e. The third-order valence-electron chi connectivity index (χ3n) is 6.65. The molecule has 2 heterocycles. The fraction of sp³-hybridized carbons (Fsp3) is 0.0909. The van der Waals surface area contributed by atoms with Crippen LogP contribution < -0.4 is 30.4 Å². The molecule has 0 unspecified atom stereocenters. The molecule has 0 bridgehead atoms. The second-order valence-electron chi connectivity index (χ2n) is 10.1. The number of aromatic nitrogens is 2. The number of hydrogen-bond acceptors (Lipinski definition) is 4. The number of rotatable bonds is 8. The molecule has 5 rings (SSSR count). The molecule has 0 saturated carbocycles. The molecule has 44 heavy (non-hydrogen) atoms. The second-order valence-corrected chi connectivity index (χ2v) is 10.1. The molecule has 2 aromatic heterocycles.